The van der Waals surface area contributed by atoms with Crippen LogP contribution < -0.4 is 14.8 Å². The SMILES string of the molecule is CCC(Nc1cc(OC)c(Cl)cc1OC)c1cccs1. The van der Waals surface area contributed by atoms with Gasteiger partial charge < -0.3 is 14.8 Å². The van der Waals surface area contributed by atoms with Crippen LogP contribution in [0, 0.1) is 0 Å². The molecule has 1 unspecified atom stereocenters. The second-order valence-electron chi connectivity index (χ2n) is 4.31. The van der Waals surface area contributed by atoms with Crippen molar-refractivity contribution in [3.05, 3.63) is 39.5 Å². The summed E-state index contributed by atoms with van der Waals surface area (Å²) in [6, 6.07) is 8.08. The number of methoxy groups -OCH3 is 2. The molecule has 2 aromatic rings. The molecule has 1 N–H and O–H groups in total. The summed E-state index contributed by atoms with van der Waals surface area (Å²) in [5.41, 5.74) is 0.883. The van der Waals surface area contributed by atoms with Gasteiger partial charge in [-0.25, -0.2) is 0 Å². The standard InChI is InChI=1S/C15H18ClNO2S/c1-4-11(15-6-5-7-20-15)17-12-9-13(18-2)10(16)8-14(12)19-3/h5-9,11,17H,4H2,1-3H3. The lowest BCUT2D eigenvalue weighted by molar-refractivity contribution is 0.404. The van der Waals surface area contributed by atoms with Gasteiger partial charge >= 0.3 is 0 Å². The Balaban J connectivity index is 2.31. The van der Waals surface area contributed by atoms with Crippen molar-refractivity contribution in [2.75, 3.05) is 19.5 Å². The van der Waals surface area contributed by atoms with E-state index < -0.39 is 0 Å². The maximum atomic E-state index is 6.12. The van der Waals surface area contributed by atoms with E-state index in [0.717, 1.165) is 12.1 Å². The van der Waals surface area contributed by atoms with Crippen molar-refractivity contribution in [2.24, 2.45) is 0 Å². The zero-order valence-corrected chi connectivity index (χ0v) is 13.3. The Hall–Kier alpha value is -1.39. The number of ether oxygens (including phenoxy) is 2. The summed E-state index contributed by atoms with van der Waals surface area (Å²) in [5, 5.41) is 6.12. The average Bonchev–Trinajstić information content (AvgIpc) is 2.99. The predicted molar refractivity (Wildman–Crippen MR) is 85.5 cm³/mol. The fraction of sp³-hybridized carbons (Fsp3) is 0.333. The second-order valence-corrected chi connectivity index (χ2v) is 5.69. The number of hydrogen-bond acceptors (Lipinski definition) is 4. The van der Waals surface area contributed by atoms with Gasteiger partial charge in [-0.1, -0.05) is 24.6 Å². The summed E-state index contributed by atoms with van der Waals surface area (Å²) in [5.74, 6) is 1.35. The molecule has 0 spiro atoms. The molecule has 1 heterocycles. The van der Waals surface area contributed by atoms with Gasteiger partial charge in [0.25, 0.3) is 0 Å². The Bertz CT molecular complexity index is 557. The van der Waals surface area contributed by atoms with Crippen molar-refractivity contribution < 1.29 is 9.47 Å². The molecule has 0 bridgehead atoms. The minimum absolute atomic E-state index is 0.245. The lowest BCUT2D eigenvalue weighted by Gasteiger charge is -2.20. The molecule has 0 fully saturated rings. The van der Waals surface area contributed by atoms with Crippen LogP contribution in [0.3, 0.4) is 0 Å². The van der Waals surface area contributed by atoms with Gasteiger partial charge in [-0.3, -0.25) is 0 Å². The molecule has 0 saturated carbocycles. The number of benzene rings is 1. The van der Waals surface area contributed by atoms with Crippen molar-refractivity contribution in [3.8, 4) is 11.5 Å². The van der Waals surface area contributed by atoms with Crippen LogP contribution >= 0.6 is 22.9 Å². The van der Waals surface area contributed by atoms with Gasteiger partial charge in [0.1, 0.15) is 11.5 Å². The van der Waals surface area contributed by atoms with E-state index in [1.165, 1.54) is 4.88 Å². The number of anilines is 1. The van der Waals surface area contributed by atoms with Crippen molar-refractivity contribution in [2.45, 2.75) is 19.4 Å². The first-order valence-corrected chi connectivity index (χ1v) is 7.66. The average molecular weight is 312 g/mol. The molecular weight excluding hydrogens is 294 g/mol. The zero-order valence-electron chi connectivity index (χ0n) is 11.8. The molecule has 1 atom stereocenters. The molecule has 0 aliphatic carbocycles. The molecule has 0 amide bonds. The number of hydrogen-bond donors (Lipinski definition) is 1. The number of halogens is 1. The topological polar surface area (TPSA) is 30.5 Å². The highest BCUT2D eigenvalue weighted by Gasteiger charge is 2.15. The molecular formula is C15H18ClNO2S. The highest BCUT2D eigenvalue weighted by atomic mass is 35.5. The lowest BCUT2D eigenvalue weighted by atomic mass is 10.1. The van der Waals surface area contributed by atoms with Crippen LogP contribution in [0.25, 0.3) is 0 Å². The van der Waals surface area contributed by atoms with E-state index in [4.69, 9.17) is 21.1 Å². The van der Waals surface area contributed by atoms with Gasteiger partial charge in [-0.2, -0.15) is 0 Å². The fourth-order valence-corrected chi connectivity index (χ4v) is 3.12. The van der Waals surface area contributed by atoms with Gasteiger partial charge in [0.05, 0.1) is 31.0 Å². The van der Waals surface area contributed by atoms with Crippen molar-refractivity contribution in [1.82, 2.24) is 0 Å². The number of thiophene rings is 1. The van der Waals surface area contributed by atoms with E-state index in [0.29, 0.717) is 16.5 Å². The first-order valence-electron chi connectivity index (χ1n) is 6.41. The van der Waals surface area contributed by atoms with Crippen LogP contribution in [0.1, 0.15) is 24.3 Å². The molecule has 2 rings (SSSR count). The normalized spacial score (nSPS) is 12.0. The van der Waals surface area contributed by atoms with E-state index in [1.54, 1.807) is 31.6 Å². The molecule has 1 aromatic heterocycles. The van der Waals surface area contributed by atoms with Crippen molar-refractivity contribution in [3.63, 3.8) is 0 Å². The molecule has 108 valence electrons. The van der Waals surface area contributed by atoms with E-state index in [-0.39, 0.29) is 6.04 Å². The summed E-state index contributed by atoms with van der Waals surface area (Å²) in [7, 11) is 3.24. The Morgan fingerprint density at radius 2 is 2.00 bits per heavy atom. The van der Waals surface area contributed by atoms with E-state index in [1.807, 2.05) is 6.07 Å². The van der Waals surface area contributed by atoms with Crippen LogP contribution in [0.2, 0.25) is 5.02 Å². The summed E-state index contributed by atoms with van der Waals surface area (Å²) in [4.78, 5) is 1.29. The fourth-order valence-electron chi connectivity index (χ4n) is 2.02. The quantitative estimate of drug-likeness (QED) is 0.816. The second kappa shape index (κ2) is 6.86. The molecule has 20 heavy (non-hydrogen) atoms. The van der Waals surface area contributed by atoms with Crippen LogP contribution in [0.4, 0.5) is 5.69 Å². The Morgan fingerprint density at radius 3 is 2.55 bits per heavy atom. The van der Waals surface area contributed by atoms with Crippen molar-refractivity contribution in [1.29, 1.82) is 0 Å². The minimum Gasteiger partial charge on any atom is -0.495 e. The maximum absolute atomic E-state index is 6.12. The smallest absolute Gasteiger partial charge is 0.143 e. The first kappa shape index (κ1) is 15.0. The number of rotatable bonds is 6. The molecule has 0 radical (unpaired) electrons. The van der Waals surface area contributed by atoms with Crippen LogP contribution in [0.5, 0.6) is 11.5 Å². The van der Waals surface area contributed by atoms with Gasteiger partial charge in [0.2, 0.25) is 0 Å². The monoisotopic (exact) mass is 311 g/mol. The van der Waals surface area contributed by atoms with Crippen molar-refractivity contribution >= 4 is 28.6 Å². The lowest BCUT2D eigenvalue weighted by Crippen LogP contribution is -2.09. The minimum atomic E-state index is 0.245. The largest absolute Gasteiger partial charge is 0.495 e. The molecule has 0 aliphatic rings. The third-order valence-corrected chi connectivity index (χ3v) is 4.38. The Kier molecular flexibility index (Phi) is 5.15. The maximum Gasteiger partial charge on any atom is 0.143 e. The highest BCUT2D eigenvalue weighted by Crippen LogP contribution is 2.38. The van der Waals surface area contributed by atoms with E-state index in [2.05, 4.69) is 29.8 Å². The number of nitrogens with one attached hydrogen (secondary N) is 1. The zero-order chi connectivity index (χ0) is 14.5. The Labute approximate surface area is 128 Å². The first-order chi connectivity index (χ1) is 9.69. The predicted octanol–water partition coefficient (Wildman–Crippen LogP) is 4.98. The van der Waals surface area contributed by atoms with Crippen LogP contribution in [0.15, 0.2) is 29.6 Å². The van der Waals surface area contributed by atoms with Crippen LogP contribution in [-0.2, 0) is 0 Å². The summed E-state index contributed by atoms with van der Waals surface area (Å²) >= 11 is 7.86. The molecule has 0 saturated heterocycles. The Morgan fingerprint density at radius 1 is 1.25 bits per heavy atom. The van der Waals surface area contributed by atoms with E-state index in [9.17, 15) is 0 Å². The van der Waals surface area contributed by atoms with Gasteiger partial charge in [0, 0.05) is 17.0 Å². The van der Waals surface area contributed by atoms with E-state index >= 15 is 0 Å². The summed E-state index contributed by atoms with van der Waals surface area (Å²) in [6.07, 6.45) is 0.981. The highest BCUT2D eigenvalue weighted by molar-refractivity contribution is 7.10. The van der Waals surface area contributed by atoms with Gasteiger partial charge in [-0.15, -0.1) is 11.3 Å². The summed E-state index contributed by atoms with van der Waals surface area (Å²) < 4.78 is 10.7. The third kappa shape index (κ3) is 3.19. The molecule has 0 aliphatic heterocycles. The third-order valence-electron chi connectivity index (χ3n) is 3.10. The van der Waals surface area contributed by atoms with Gasteiger partial charge in [-0.05, 0) is 17.9 Å². The molecule has 3 nitrogen and oxygen atoms in total. The molecule has 5 heteroatoms. The van der Waals surface area contributed by atoms with Gasteiger partial charge in [0.15, 0.2) is 0 Å². The van der Waals surface area contributed by atoms with Crippen LogP contribution in [-0.4, -0.2) is 14.2 Å². The summed E-state index contributed by atoms with van der Waals surface area (Å²) in [6.45, 7) is 2.15. The molecule has 1 aromatic carbocycles.